The monoisotopic (exact) mass is 275 g/mol. The summed E-state index contributed by atoms with van der Waals surface area (Å²) in [4.78, 5) is 13.8. The molecule has 0 aromatic heterocycles. The van der Waals surface area contributed by atoms with Gasteiger partial charge < -0.3 is 4.90 Å². The number of Topliss-reactive ketones (excluding diaryl/α,β-unsaturated/α-hetero) is 1. The van der Waals surface area contributed by atoms with Crippen molar-refractivity contribution in [1.29, 1.82) is 0 Å². The number of benzene rings is 2. The quantitative estimate of drug-likeness (QED) is 0.776. The highest BCUT2D eigenvalue weighted by Crippen LogP contribution is 2.14. The van der Waals surface area contributed by atoms with Gasteiger partial charge in [0, 0.05) is 31.3 Å². The molecule has 0 unspecified atom stereocenters. The van der Waals surface area contributed by atoms with Crippen LogP contribution in [0, 0.1) is 11.6 Å². The summed E-state index contributed by atoms with van der Waals surface area (Å²) in [5.74, 6) is -0.820. The predicted molar refractivity (Wildman–Crippen MR) is 75.0 cm³/mol. The summed E-state index contributed by atoms with van der Waals surface area (Å²) >= 11 is 0. The normalized spacial score (nSPS) is 10.3. The molecule has 2 aromatic rings. The van der Waals surface area contributed by atoms with Crippen LogP contribution in [0.4, 0.5) is 14.5 Å². The molecule has 0 amide bonds. The average Bonchev–Trinajstić information content (AvgIpc) is 2.45. The molecule has 0 N–H and O–H groups in total. The van der Waals surface area contributed by atoms with Crippen molar-refractivity contribution in [2.45, 2.75) is 6.42 Å². The summed E-state index contributed by atoms with van der Waals surface area (Å²) < 4.78 is 25.8. The number of ketones is 1. The summed E-state index contributed by atoms with van der Waals surface area (Å²) in [6, 6.07) is 11.7. The van der Waals surface area contributed by atoms with Crippen LogP contribution in [0.25, 0.3) is 0 Å². The predicted octanol–water partition coefficient (Wildman–Crippen LogP) is 3.67. The third kappa shape index (κ3) is 3.63. The molecule has 0 radical (unpaired) electrons. The zero-order valence-electron chi connectivity index (χ0n) is 11.1. The second-order valence-corrected chi connectivity index (χ2v) is 4.58. The number of carbonyl (C=O) groups excluding carboxylic acids is 1. The molecular weight excluding hydrogens is 260 g/mol. The highest BCUT2D eigenvalue weighted by Gasteiger charge is 2.09. The Kier molecular flexibility index (Phi) is 4.45. The van der Waals surface area contributed by atoms with E-state index >= 15 is 0 Å². The summed E-state index contributed by atoms with van der Waals surface area (Å²) in [6.07, 6.45) is 0.275. The highest BCUT2D eigenvalue weighted by molar-refractivity contribution is 5.96. The molecule has 0 bridgehead atoms. The molecular formula is C16H15F2NO. The van der Waals surface area contributed by atoms with E-state index in [0.717, 1.165) is 5.69 Å². The maximum Gasteiger partial charge on any atom is 0.164 e. The molecule has 0 saturated heterocycles. The molecule has 2 aromatic carbocycles. The van der Waals surface area contributed by atoms with Gasteiger partial charge in [0.2, 0.25) is 0 Å². The first-order chi connectivity index (χ1) is 9.56. The Balaban J connectivity index is 1.94. The lowest BCUT2D eigenvalue weighted by atomic mass is 10.1. The Morgan fingerprint density at radius 2 is 1.75 bits per heavy atom. The van der Waals surface area contributed by atoms with Gasteiger partial charge in [-0.25, -0.2) is 8.78 Å². The molecule has 0 aliphatic carbocycles. The lowest BCUT2D eigenvalue weighted by molar-refractivity contribution is 0.0984. The van der Waals surface area contributed by atoms with Crippen molar-refractivity contribution in [2.75, 3.05) is 18.5 Å². The molecule has 0 aliphatic rings. The van der Waals surface area contributed by atoms with E-state index in [4.69, 9.17) is 0 Å². The number of hydrogen-bond acceptors (Lipinski definition) is 2. The third-order valence-corrected chi connectivity index (χ3v) is 3.09. The van der Waals surface area contributed by atoms with Gasteiger partial charge in [0.15, 0.2) is 5.78 Å². The molecule has 0 heterocycles. The summed E-state index contributed by atoms with van der Waals surface area (Å²) in [5, 5.41) is 0. The Morgan fingerprint density at radius 1 is 1.05 bits per heavy atom. The first kappa shape index (κ1) is 14.2. The molecule has 2 rings (SSSR count). The van der Waals surface area contributed by atoms with Crippen molar-refractivity contribution in [3.63, 3.8) is 0 Å². The van der Waals surface area contributed by atoms with E-state index in [0.29, 0.717) is 12.1 Å². The average molecular weight is 275 g/mol. The van der Waals surface area contributed by atoms with Crippen molar-refractivity contribution in [1.82, 2.24) is 0 Å². The van der Waals surface area contributed by atoms with Gasteiger partial charge in [-0.05, 0) is 36.4 Å². The van der Waals surface area contributed by atoms with E-state index in [9.17, 15) is 13.6 Å². The van der Waals surface area contributed by atoms with E-state index in [-0.39, 0.29) is 18.0 Å². The molecule has 104 valence electrons. The van der Waals surface area contributed by atoms with Gasteiger partial charge in [0.25, 0.3) is 0 Å². The summed E-state index contributed by atoms with van der Waals surface area (Å²) in [6.45, 7) is 0.487. The van der Waals surface area contributed by atoms with Gasteiger partial charge >= 0.3 is 0 Å². The number of rotatable bonds is 5. The van der Waals surface area contributed by atoms with E-state index in [1.807, 2.05) is 11.9 Å². The lowest BCUT2D eigenvalue weighted by Crippen LogP contribution is -2.21. The first-order valence-electron chi connectivity index (χ1n) is 6.32. The van der Waals surface area contributed by atoms with E-state index in [1.54, 1.807) is 18.2 Å². The number of carbonyl (C=O) groups is 1. The second kappa shape index (κ2) is 6.28. The Hall–Kier alpha value is -2.23. The second-order valence-electron chi connectivity index (χ2n) is 4.58. The Labute approximate surface area is 116 Å². The van der Waals surface area contributed by atoms with Crippen LogP contribution in [0.15, 0.2) is 48.5 Å². The van der Waals surface area contributed by atoms with Gasteiger partial charge in [0.1, 0.15) is 11.6 Å². The van der Waals surface area contributed by atoms with Crippen molar-refractivity contribution >= 4 is 11.5 Å². The number of nitrogens with zero attached hydrogens (tertiary/aromatic N) is 1. The van der Waals surface area contributed by atoms with Gasteiger partial charge in [-0.15, -0.1) is 0 Å². The molecule has 0 atom stereocenters. The highest BCUT2D eigenvalue weighted by atomic mass is 19.1. The van der Waals surface area contributed by atoms with Crippen LogP contribution in [-0.2, 0) is 0 Å². The van der Waals surface area contributed by atoms with Crippen molar-refractivity contribution < 1.29 is 13.6 Å². The van der Waals surface area contributed by atoms with Crippen LogP contribution >= 0.6 is 0 Å². The van der Waals surface area contributed by atoms with E-state index < -0.39 is 5.82 Å². The minimum atomic E-state index is -0.414. The van der Waals surface area contributed by atoms with Gasteiger partial charge in [-0.3, -0.25) is 4.79 Å². The fraction of sp³-hybridized carbons (Fsp3) is 0.188. The van der Waals surface area contributed by atoms with Gasteiger partial charge in [-0.1, -0.05) is 12.1 Å². The minimum Gasteiger partial charge on any atom is -0.374 e. The van der Waals surface area contributed by atoms with Crippen molar-refractivity contribution in [3.05, 3.63) is 65.7 Å². The molecule has 0 spiro atoms. The zero-order valence-corrected chi connectivity index (χ0v) is 11.1. The van der Waals surface area contributed by atoms with E-state index in [1.165, 1.54) is 30.3 Å². The van der Waals surface area contributed by atoms with Crippen LogP contribution in [-0.4, -0.2) is 19.4 Å². The fourth-order valence-corrected chi connectivity index (χ4v) is 1.90. The van der Waals surface area contributed by atoms with Gasteiger partial charge in [-0.2, -0.15) is 0 Å². The zero-order chi connectivity index (χ0) is 14.5. The molecule has 4 heteroatoms. The van der Waals surface area contributed by atoms with Crippen LogP contribution in [0.2, 0.25) is 0 Å². The van der Waals surface area contributed by atoms with Crippen molar-refractivity contribution in [2.24, 2.45) is 0 Å². The topological polar surface area (TPSA) is 20.3 Å². The minimum absolute atomic E-state index is 0.113. The lowest BCUT2D eigenvalue weighted by Gasteiger charge is -2.18. The SMILES string of the molecule is CN(CCC(=O)c1cccc(F)c1)c1ccc(F)cc1. The fourth-order valence-electron chi connectivity index (χ4n) is 1.90. The standard InChI is InChI=1S/C16H15F2NO/c1-19(15-7-5-13(17)6-8-15)10-9-16(20)12-3-2-4-14(18)11-12/h2-8,11H,9-10H2,1H3. The third-order valence-electron chi connectivity index (χ3n) is 3.09. The summed E-state index contributed by atoms with van der Waals surface area (Å²) in [7, 11) is 1.83. The number of hydrogen-bond donors (Lipinski definition) is 0. The largest absolute Gasteiger partial charge is 0.374 e. The molecule has 20 heavy (non-hydrogen) atoms. The Bertz CT molecular complexity index is 596. The number of anilines is 1. The maximum absolute atomic E-state index is 13.0. The smallest absolute Gasteiger partial charge is 0.164 e. The molecule has 0 fully saturated rings. The van der Waals surface area contributed by atoms with Crippen LogP contribution in [0.5, 0.6) is 0 Å². The maximum atomic E-state index is 13.0. The first-order valence-corrected chi connectivity index (χ1v) is 6.32. The molecule has 0 saturated carbocycles. The molecule has 2 nitrogen and oxygen atoms in total. The number of halogens is 2. The van der Waals surface area contributed by atoms with E-state index in [2.05, 4.69) is 0 Å². The van der Waals surface area contributed by atoms with Gasteiger partial charge in [0.05, 0.1) is 0 Å². The van der Waals surface area contributed by atoms with Crippen LogP contribution in [0.1, 0.15) is 16.8 Å². The molecule has 0 aliphatic heterocycles. The van der Waals surface area contributed by atoms with Crippen LogP contribution in [0.3, 0.4) is 0 Å². The Morgan fingerprint density at radius 3 is 2.40 bits per heavy atom. The summed E-state index contributed by atoms with van der Waals surface area (Å²) in [5.41, 5.74) is 1.20. The van der Waals surface area contributed by atoms with Crippen molar-refractivity contribution in [3.8, 4) is 0 Å². The van der Waals surface area contributed by atoms with Crippen LogP contribution < -0.4 is 4.90 Å².